The molecule has 1 heteroatoms. The van der Waals surface area contributed by atoms with E-state index in [-0.39, 0.29) is 0 Å². The SMILES string of the molecule is CCC(C)[C](C)=[Ge]([c]1ccccc1)[c]1ccccc1. The normalized spacial score (nSPS) is 11.9. The zero-order valence-electron chi connectivity index (χ0n) is 12.1. The first-order valence-electron chi connectivity index (χ1n) is 7.05. The Balaban J connectivity index is 2.58. The molecule has 2 aromatic carbocycles. The second kappa shape index (κ2) is 6.86. The van der Waals surface area contributed by atoms with Gasteiger partial charge in [0.2, 0.25) is 0 Å². The van der Waals surface area contributed by atoms with Gasteiger partial charge in [0.25, 0.3) is 0 Å². The molecular weight excluding hydrogens is 289 g/mol. The summed E-state index contributed by atoms with van der Waals surface area (Å²) < 4.78 is 4.85. The van der Waals surface area contributed by atoms with Gasteiger partial charge in [0, 0.05) is 0 Å². The predicted octanol–water partition coefficient (Wildman–Crippen LogP) is 3.12. The molecule has 0 heterocycles. The summed E-state index contributed by atoms with van der Waals surface area (Å²) in [6.07, 6.45) is 1.24. The van der Waals surface area contributed by atoms with Crippen LogP contribution in [0.15, 0.2) is 60.7 Å². The van der Waals surface area contributed by atoms with Gasteiger partial charge in [-0.15, -0.1) is 0 Å². The van der Waals surface area contributed by atoms with E-state index in [1.54, 1.807) is 13.1 Å². The summed E-state index contributed by atoms with van der Waals surface area (Å²) in [6.45, 7) is 7.04. The van der Waals surface area contributed by atoms with E-state index in [1.807, 2.05) is 0 Å². The van der Waals surface area contributed by atoms with Crippen molar-refractivity contribution in [2.75, 3.05) is 0 Å². The molecule has 2 rings (SSSR count). The van der Waals surface area contributed by atoms with E-state index in [4.69, 9.17) is 0 Å². The molecule has 0 radical (unpaired) electrons. The molecule has 0 aliphatic rings. The molecular formula is C18H22Ge. The summed E-state index contributed by atoms with van der Waals surface area (Å²) in [5.41, 5.74) is 0. The summed E-state index contributed by atoms with van der Waals surface area (Å²) in [5, 5.41) is 0. The third-order valence-corrected chi connectivity index (χ3v) is 10.4. The maximum atomic E-state index is 2.38. The first-order chi connectivity index (χ1) is 9.24. The van der Waals surface area contributed by atoms with E-state index < -0.39 is 13.9 Å². The van der Waals surface area contributed by atoms with E-state index in [0.29, 0.717) is 0 Å². The molecule has 1 unspecified atom stereocenters. The van der Waals surface area contributed by atoms with Crippen LogP contribution in [0.1, 0.15) is 27.2 Å². The Hall–Kier alpha value is -1.15. The monoisotopic (exact) mass is 312 g/mol. The van der Waals surface area contributed by atoms with Gasteiger partial charge in [-0.05, 0) is 0 Å². The van der Waals surface area contributed by atoms with Gasteiger partial charge in [-0.1, -0.05) is 0 Å². The number of benzene rings is 2. The van der Waals surface area contributed by atoms with Crippen molar-refractivity contribution >= 4 is 27.1 Å². The standard InChI is InChI=1S/C18H22Ge/c1-4-15(2)16(3)19(17-11-7-5-8-12-17)18-13-9-6-10-14-18/h5-15H,4H2,1-3H3. The van der Waals surface area contributed by atoms with Crippen molar-refractivity contribution in [3.63, 3.8) is 0 Å². The van der Waals surface area contributed by atoms with Crippen molar-refractivity contribution in [3.8, 4) is 0 Å². The van der Waals surface area contributed by atoms with Crippen LogP contribution in [-0.4, -0.2) is 18.3 Å². The Morgan fingerprint density at radius 2 is 1.32 bits per heavy atom. The van der Waals surface area contributed by atoms with Crippen molar-refractivity contribution in [1.29, 1.82) is 0 Å². The van der Waals surface area contributed by atoms with Gasteiger partial charge in [-0.25, -0.2) is 0 Å². The number of hydrogen-bond acceptors (Lipinski definition) is 0. The molecule has 0 fully saturated rings. The fraction of sp³-hybridized carbons (Fsp3) is 0.278. The molecule has 19 heavy (non-hydrogen) atoms. The van der Waals surface area contributed by atoms with Crippen molar-refractivity contribution in [2.45, 2.75) is 27.2 Å². The average Bonchev–Trinajstić information content (AvgIpc) is 2.49. The van der Waals surface area contributed by atoms with Crippen LogP contribution in [0, 0.1) is 5.92 Å². The minimum absolute atomic E-state index is 0.718. The zero-order valence-corrected chi connectivity index (χ0v) is 14.2. The third kappa shape index (κ3) is 3.44. The zero-order chi connectivity index (χ0) is 13.7. The van der Waals surface area contributed by atoms with Crippen LogP contribution >= 0.6 is 0 Å². The van der Waals surface area contributed by atoms with Gasteiger partial charge < -0.3 is 0 Å². The average molecular weight is 311 g/mol. The Morgan fingerprint density at radius 1 is 0.895 bits per heavy atom. The van der Waals surface area contributed by atoms with Gasteiger partial charge in [0.05, 0.1) is 0 Å². The second-order valence-corrected chi connectivity index (χ2v) is 10.8. The summed E-state index contributed by atoms with van der Waals surface area (Å²) in [7, 11) is 0. The van der Waals surface area contributed by atoms with Crippen LogP contribution in [0.2, 0.25) is 0 Å². The van der Waals surface area contributed by atoms with Crippen molar-refractivity contribution in [1.82, 2.24) is 0 Å². The van der Waals surface area contributed by atoms with Crippen molar-refractivity contribution in [2.24, 2.45) is 5.92 Å². The Bertz CT molecular complexity index is 499. The van der Waals surface area contributed by atoms with Crippen LogP contribution in [0.5, 0.6) is 0 Å². The number of rotatable bonds is 4. The molecule has 0 aliphatic heterocycles. The summed E-state index contributed by atoms with van der Waals surface area (Å²) in [4.78, 5) is 0. The van der Waals surface area contributed by atoms with Crippen molar-refractivity contribution in [3.05, 3.63) is 60.7 Å². The molecule has 0 spiro atoms. The molecule has 0 saturated heterocycles. The fourth-order valence-corrected chi connectivity index (χ4v) is 8.66. The van der Waals surface area contributed by atoms with Crippen LogP contribution < -0.4 is 8.79 Å². The molecule has 2 aromatic rings. The van der Waals surface area contributed by atoms with Gasteiger partial charge in [0.15, 0.2) is 0 Å². The Labute approximate surface area is 121 Å². The predicted molar refractivity (Wildman–Crippen MR) is 88.0 cm³/mol. The molecule has 0 bridgehead atoms. The van der Waals surface area contributed by atoms with Crippen LogP contribution in [0.3, 0.4) is 0 Å². The first kappa shape index (κ1) is 14.3. The van der Waals surface area contributed by atoms with Crippen LogP contribution in [0.4, 0.5) is 0 Å². The molecule has 0 amide bonds. The van der Waals surface area contributed by atoms with Gasteiger partial charge >= 0.3 is 121 Å². The first-order valence-corrected chi connectivity index (χ1v) is 10.2. The summed E-state index contributed by atoms with van der Waals surface area (Å²) in [5.74, 6) is 0.718. The van der Waals surface area contributed by atoms with Gasteiger partial charge in [-0.2, -0.15) is 0 Å². The van der Waals surface area contributed by atoms with Crippen LogP contribution in [0.25, 0.3) is 0 Å². The summed E-state index contributed by atoms with van der Waals surface area (Å²) >= 11 is -1.53. The molecule has 98 valence electrons. The van der Waals surface area contributed by atoms with E-state index >= 15 is 0 Å². The maximum absolute atomic E-state index is 2.38. The third-order valence-electron chi connectivity index (χ3n) is 3.87. The van der Waals surface area contributed by atoms with E-state index in [1.165, 1.54) is 6.42 Å². The van der Waals surface area contributed by atoms with E-state index in [0.717, 1.165) is 5.92 Å². The summed E-state index contributed by atoms with van der Waals surface area (Å²) in [6, 6.07) is 22.2. The second-order valence-electron chi connectivity index (χ2n) is 5.10. The van der Waals surface area contributed by atoms with E-state index in [9.17, 15) is 0 Å². The molecule has 0 N–H and O–H groups in total. The Morgan fingerprint density at radius 3 is 1.68 bits per heavy atom. The molecule has 1 atom stereocenters. The van der Waals surface area contributed by atoms with Crippen molar-refractivity contribution < 1.29 is 0 Å². The topological polar surface area (TPSA) is 0 Å². The molecule has 0 aromatic heterocycles. The van der Waals surface area contributed by atoms with Gasteiger partial charge in [0.1, 0.15) is 0 Å². The van der Waals surface area contributed by atoms with Gasteiger partial charge in [-0.3, -0.25) is 0 Å². The van der Waals surface area contributed by atoms with E-state index in [2.05, 4.69) is 81.4 Å². The number of hydrogen-bond donors (Lipinski definition) is 0. The Kier molecular flexibility index (Phi) is 5.15. The quantitative estimate of drug-likeness (QED) is 0.761. The molecule has 0 nitrogen and oxygen atoms in total. The minimum atomic E-state index is -1.53. The fourth-order valence-electron chi connectivity index (χ4n) is 2.38. The van der Waals surface area contributed by atoms with Crippen LogP contribution in [-0.2, 0) is 0 Å². The molecule has 0 aliphatic carbocycles. The molecule has 0 saturated carbocycles.